The molecule has 4 rings (SSSR count). The number of aromatic nitrogens is 2. The van der Waals surface area contributed by atoms with Gasteiger partial charge in [0, 0.05) is 36.9 Å². The maximum atomic E-state index is 13.2. The lowest BCUT2D eigenvalue weighted by Gasteiger charge is -2.38. The standard InChI is InChI=1S/C21H34N4O/c1-3-25-19-8-7-17(23-13-9-16(2)10-14-23)15-18(19)20(22-25)21(26)24-11-5-4-6-12-24/h16-17H,3-15H2,1-2H3. The van der Waals surface area contributed by atoms with E-state index in [1.54, 1.807) is 0 Å². The first-order valence-electron chi connectivity index (χ1n) is 10.8. The zero-order chi connectivity index (χ0) is 18.1. The highest BCUT2D eigenvalue weighted by atomic mass is 16.2. The van der Waals surface area contributed by atoms with Crippen molar-refractivity contribution in [3.8, 4) is 0 Å². The molecule has 0 radical (unpaired) electrons. The number of likely N-dealkylation sites (tertiary alicyclic amines) is 2. The Labute approximate surface area is 157 Å². The van der Waals surface area contributed by atoms with Crippen LogP contribution in [0, 0.1) is 5.92 Å². The summed E-state index contributed by atoms with van der Waals surface area (Å²) < 4.78 is 2.10. The number of fused-ring (bicyclic) bond motifs is 1. The molecule has 0 bridgehead atoms. The van der Waals surface area contributed by atoms with E-state index in [0.717, 1.165) is 56.9 Å². The molecule has 0 N–H and O–H groups in total. The molecule has 0 spiro atoms. The van der Waals surface area contributed by atoms with Gasteiger partial charge in [0.15, 0.2) is 5.69 Å². The number of rotatable bonds is 3. The zero-order valence-corrected chi connectivity index (χ0v) is 16.5. The minimum atomic E-state index is 0.182. The second-order valence-electron chi connectivity index (χ2n) is 8.56. The van der Waals surface area contributed by atoms with E-state index in [9.17, 15) is 4.79 Å². The maximum absolute atomic E-state index is 13.2. The molecule has 144 valence electrons. The molecule has 2 saturated heterocycles. The highest BCUT2D eigenvalue weighted by molar-refractivity contribution is 5.94. The van der Waals surface area contributed by atoms with Gasteiger partial charge in [-0.2, -0.15) is 5.10 Å². The second kappa shape index (κ2) is 7.71. The van der Waals surface area contributed by atoms with Crippen LogP contribution in [-0.4, -0.2) is 57.7 Å². The fourth-order valence-corrected chi connectivity index (χ4v) is 5.05. The summed E-state index contributed by atoms with van der Waals surface area (Å²) >= 11 is 0. The SMILES string of the molecule is CCn1nc(C(=O)N2CCCCC2)c2c1CCC(N1CCC(C)CC1)C2. The highest BCUT2D eigenvalue weighted by Gasteiger charge is 2.34. The van der Waals surface area contributed by atoms with Gasteiger partial charge in [-0.25, -0.2) is 0 Å². The minimum absolute atomic E-state index is 0.182. The summed E-state index contributed by atoms with van der Waals surface area (Å²) in [6, 6.07) is 0.595. The third kappa shape index (κ3) is 3.42. The monoisotopic (exact) mass is 358 g/mol. The predicted octanol–water partition coefficient (Wildman–Crippen LogP) is 3.12. The Morgan fingerprint density at radius 2 is 1.81 bits per heavy atom. The largest absolute Gasteiger partial charge is 0.337 e. The molecular formula is C21H34N4O. The van der Waals surface area contributed by atoms with Crippen molar-refractivity contribution < 1.29 is 4.79 Å². The summed E-state index contributed by atoms with van der Waals surface area (Å²) in [5.41, 5.74) is 3.35. The molecule has 3 heterocycles. The second-order valence-corrected chi connectivity index (χ2v) is 8.56. The third-order valence-corrected chi connectivity index (χ3v) is 6.80. The minimum Gasteiger partial charge on any atom is -0.337 e. The van der Waals surface area contributed by atoms with Gasteiger partial charge in [-0.1, -0.05) is 6.92 Å². The zero-order valence-electron chi connectivity index (χ0n) is 16.5. The fourth-order valence-electron chi connectivity index (χ4n) is 5.05. The summed E-state index contributed by atoms with van der Waals surface area (Å²) in [5, 5.41) is 4.78. The van der Waals surface area contributed by atoms with Crippen molar-refractivity contribution in [2.45, 2.75) is 77.8 Å². The molecule has 1 aliphatic carbocycles. The van der Waals surface area contributed by atoms with Crippen LogP contribution in [0.25, 0.3) is 0 Å². The van der Waals surface area contributed by atoms with Crippen LogP contribution in [-0.2, 0) is 19.4 Å². The summed E-state index contributed by atoms with van der Waals surface area (Å²) in [6.07, 6.45) is 9.45. The Hall–Kier alpha value is -1.36. The molecule has 2 fully saturated rings. The van der Waals surface area contributed by atoms with Gasteiger partial charge in [-0.05, 0) is 77.3 Å². The first-order chi connectivity index (χ1) is 12.7. The van der Waals surface area contributed by atoms with E-state index >= 15 is 0 Å². The summed E-state index contributed by atoms with van der Waals surface area (Å²) in [7, 11) is 0. The molecule has 1 aromatic heterocycles. The van der Waals surface area contributed by atoms with Crippen LogP contribution in [0.1, 0.15) is 74.1 Å². The normalized spacial score (nSPS) is 25.3. The van der Waals surface area contributed by atoms with Gasteiger partial charge in [-0.15, -0.1) is 0 Å². The molecule has 0 aromatic carbocycles. The molecule has 1 aromatic rings. The third-order valence-electron chi connectivity index (χ3n) is 6.80. The number of carbonyl (C=O) groups is 1. The van der Waals surface area contributed by atoms with Crippen molar-refractivity contribution in [2.75, 3.05) is 26.2 Å². The molecule has 1 unspecified atom stereocenters. The first-order valence-corrected chi connectivity index (χ1v) is 10.8. The smallest absolute Gasteiger partial charge is 0.274 e. The summed E-state index contributed by atoms with van der Waals surface area (Å²) in [4.78, 5) is 17.9. The van der Waals surface area contributed by atoms with Gasteiger partial charge in [0.25, 0.3) is 5.91 Å². The van der Waals surface area contributed by atoms with Crippen LogP contribution in [0.15, 0.2) is 0 Å². The number of piperidine rings is 2. The Morgan fingerprint density at radius 3 is 2.50 bits per heavy atom. The Kier molecular flexibility index (Phi) is 5.35. The van der Waals surface area contributed by atoms with Crippen LogP contribution in [0.2, 0.25) is 0 Å². The van der Waals surface area contributed by atoms with Gasteiger partial charge in [-0.3, -0.25) is 9.48 Å². The molecule has 26 heavy (non-hydrogen) atoms. The number of carbonyl (C=O) groups excluding carboxylic acids is 1. The number of hydrogen-bond acceptors (Lipinski definition) is 3. The topological polar surface area (TPSA) is 41.4 Å². The van der Waals surface area contributed by atoms with Crippen molar-refractivity contribution >= 4 is 5.91 Å². The fraction of sp³-hybridized carbons (Fsp3) is 0.810. The van der Waals surface area contributed by atoms with Crippen molar-refractivity contribution in [1.82, 2.24) is 19.6 Å². The Balaban J connectivity index is 1.56. The van der Waals surface area contributed by atoms with E-state index in [1.807, 2.05) is 4.90 Å². The lowest BCUT2D eigenvalue weighted by atomic mass is 9.88. The average Bonchev–Trinajstić information content (AvgIpc) is 3.06. The molecule has 1 amide bonds. The number of nitrogens with zero attached hydrogens (tertiary/aromatic N) is 4. The molecule has 5 heteroatoms. The molecule has 3 aliphatic rings. The van der Waals surface area contributed by atoms with Crippen molar-refractivity contribution in [2.24, 2.45) is 5.92 Å². The number of amides is 1. The van der Waals surface area contributed by atoms with E-state index < -0.39 is 0 Å². The first kappa shape index (κ1) is 18.0. The summed E-state index contributed by atoms with van der Waals surface area (Å²) in [5.74, 6) is 1.05. The van der Waals surface area contributed by atoms with Crippen LogP contribution in [0.3, 0.4) is 0 Å². The van der Waals surface area contributed by atoms with Crippen LogP contribution in [0.4, 0.5) is 0 Å². The summed E-state index contributed by atoms with van der Waals surface area (Å²) in [6.45, 7) is 9.62. The van der Waals surface area contributed by atoms with E-state index in [2.05, 4.69) is 23.4 Å². The van der Waals surface area contributed by atoms with Crippen LogP contribution >= 0.6 is 0 Å². The van der Waals surface area contributed by atoms with Gasteiger partial charge in [0.05, 0.1) is 0 Å². The van der Waals surface area contributed by atoms with Gasteiger partial charge in [0.2, 0.25) is 0 Å². The quantitative estimate of drug-likeness (QED) is 0.834. The van der Waals surface area contributed by atoms with Crippen molar-refractivity contribution in [1.29, 1.82) is 0 Å². The van der Waals surface area contributed by atoms with Crippen LogP contribution < -0.4 is 0 Å². The predicted molar refractivity (Wildman–Crippen MR) is 103 cm³/mol. The van der Waals surface area contributed by atoms with Crippen molar-refractivity contribution in [3.63, 3.8) is 0 Å². The maximum Gasteiger partial charge on any atom is 0.274 e. The van der Waals surface area contributed by atoms with E-state index in [4.69, 9.17) is 5.10 Å². The van der Waals surface area contributed by atoms with Crippen LogP contribution in [0.5, 0.6) is 0 Å². The molecule has 0 saturated carbocycles. The van der Waals surface area contributed by atoms with Crippen molar-refractivity contribution in [3.05, 3.63) is 17.0 Å². The van der Waals surface area contributed by atoms with E-state index in [-0.39, 0.29) is 5.91 Å². The number of hydrogen-bond donors (Lipinski definition) is 0. The molecule has 2 aliphatic heterocycles. The van der Waals surface area contributed by atoms with Gasteiger partial charge in [0.1, 0.15) is 0 Å². The number of aryl methyl sites for hydroxylation is 1. The van der Waals surface area contributed by atoms with E-state index in [1.165, 1.54) is 50.0 Å². The Morgan fingerprint density at radius 1 is 1.08 bits per heavy atom. The molecular weight excluding hydrogens is 324 g/mol. The van der Waals surface area contributed by atoms with E-state index in [0.29, 0.717) is 6.04 Å². The average molecular weight is 359 g/mol. The van der Waals surface area contributed by atoms with Gasteiger partial charge >= 0.3 is 0 Å². The van der Waals surface area contributed by atoms with Gasteiger partial charge < -0.3 is 9.80 Å². The lowest BCUT2D eigenvalue weighted by Crippen LogP contribution is -2.44. The Bertz CT molecular complexity index is 639. The molecule has 1 atom stereocenters. The lowest BCUT2D eigenvalue weighted by molar-refractivity contribution is 0.0715. The molecule has 5 nitrogen and oxygen atoms in total. The highest BCUT2D eigenvalue weighted by Crippen LogP contribution is 2.30.